The third-order valence-corrected chi connectivity index (χ3v) is 4.37. The predicted molar refractivity (Wildman–Crippen MR) is 91.9 cm³/mol. The van der Waals surface area contributed by atoms with Crippen LogP contribution in [-0.4, -0.2) is 58.9 Å². The zero-order chi connectivity index (χ0) is 18.6. The van der Waals surface area contributed by atoms with Gasteiger partial charge in [0.1, 0.15) is 17.0 Å². The van der Waals surface area contributed by atoms with E-state index in [0.29, 0.717) is 16.3 Å². The number of rotatable bonds is 8. The summed E-state index contributed by atoms with van der Waals surface area (Å²) in [4.78, 5) is 37.0. The van der Waals surface area contributed by atoms with Crippen molar-refractivity contribution >= 4 is 35.2 Å². The van der Waals surface area contributed by atoms with Crippen LogP contribution in [0.15, 0.2) is 28.8 Å². The number of nitrogens with one attached hydrogen (secondary N) is 1. The normalized spacial score (nSPS) is 13.9. The highest BCUT2D eigenvalue weighted by molar-refractivity contribution is 7.99. The van der Waals surface area contributed by atoms with E-state index in [0.717, 1.165) is 11.0 Å². The second-order valence-corrected chi connectivity index (χ2v) is 6.29. The molecule has 1 aromatic rings. The number of carbonyl (C=O) groups excluding carboxylic acids is 2. The molecule has 0 unspecified atom stereocenters. The van der Waals surface area contributed by atoms with Crippen molar-refractivity contribution in [2.45, 2.75) is 11.8 Å². The number of nitrogens with zero attached hydrogens (tertiary/aromatic N) is 1. The number of hydrogen-bond acceptors (Lipinski definition) is 7. The monoisotopic (exact) mass is 366 g/mol. The Hall–Kier alpha value is -2.52. The maximum Gasteiger partial charge on any atom is 0.339 e. The molecule has 1 aromatic carbocycles. The number of aliphatic hydroxyl groups excluding tert-OH is 1. The molecule has 0 spiro atoms. The first-order chi connectivity index (χ1) is 11.9. The number of anilines is 1. The summed E-state index contributed by atoms with van der Waals surface area (Å²) in [6.07, 6.45) is 1.15. The highest BCUT2D eigenvalue weighted by atomic mass is 32.2. The summed E-state index contributed by atoms with van der Waals surface area (Å²) >= 11 is 1.39. The molecule has 0 aromatic heterocycles. The van der Waals surface area contributed by atoms with Crippen LogP contribution >= 0.6 is 11.8 Å². The molecule has 2 rings (SSSR count). The van der Waals surface area contributed by atoms with Crippen LogP contribution < -0.4 is 10.1 Å². The Bertz CT molecular complexity index is 746. The minimum atomic E-state index is -1.12. The van der Waals surface area contributed by atoms with Crippen LogP contribution in [0.25, 0.3) is 0 Å². The van der Waals surface area contributed by atoms with Gasteiger partial charge in [0.25, 0.3) is 11.8 Å². The van der Waals surface area contributed by atoms with E-state index in [2.05, 4.69) is 5.32 Å². The van der Waals surface area contributed by atoms with Gasteiger partial charge < -0.3 is 20.3 Å². The molecule has 8 nitrogen and oxygen atoms in total. The molecular formula is C16H18N2O6S. The maximum absolute atomic E-state index is 12.2. The highest BCUT2D eigenvalue weighted by Gasteiger charge is 2.31. The third-order valence-electron chi connectivity index (χ3n) is 3.43. The van der Waals surface area contributed by atoms with Crippen LogP contribution in [0.5, 0.6) is 5.75 Å². The van der Waals surface area contributed by atoms with Crippen molar-refractivity contribution in [3.8, 4) is 5.75 Å². The molecule has 0 aliphatic carbocycles. The van der Waals surface area contributed by atoms with Gasteiger partial charge in [0, 0.05) is 17.0 Å². The van der Waals surface area contributed by atoms with Crippen LogP contribution in [-0.2, 0) is 9.59 Å². The van der Waals surface area contributed by atoms with Crippen LogP contribution in [0.1, 0.15) is 17.3 Å². The summed E-state index contributed by atoms with van der Waals surface area (Å²) in [5.41, 5.74) is 0.530. The summed E-state index contributed by atoms with van der Waals surface area (Å²) in [5.74, 6) is -1.36. The Morgan fingerprint density at radius 2 is 2.08 bits per heavy atom. The molecule has 1 heterocycles. The summed E-state index contributed by atoms with van der Waals surface area (Å²) in [6.45, 7) is 1.50. The van der Waals surface area contributed by atoms with E-state index in [1.54, 1.807) is 0 Å². The van der Waals surface area contributed by atoms with Crippen molar-refractivity contribution < 1.29 is 29.3 Å². The molecule has 0 saturated carbocycles. The molecule has 0 fully saturated rings. The highest BCUT2D eigenvalue weighted by Crippen LogP contribution is 2.35. The SMILES string of the molecule is CCSc1cc(C(=O)O)c(OC)cc1NC1=CC(=O)N(CCO)C1=O. The quantitative estimate of drug-likeness (QED) is 0.464. The molecule has 134 valence electrons. The molecule has 9 heteroatoms. The number of hydrogen-bond donors (Lipinski definition) is 3. The van der Waals surface area contributed by atoms with Gasteiger partial charge in [-0.05, 0) is 11.8 Å². The second kappa shape index (κ2) is 8.04. The summed E-state index contributed by atoms with van der Waals surface area (Å²) in [6, 6.07) is 2.94. The largest absolute Gasteiger partial charge is 0.496 e. The number of aromatic carboxylic acids is 1. The van der Waals surface area contributed by atoms with E-state index in [1.165, 1.54) is 31.0 Å². The summed E-state index contributed by atoms with van der Waals surface area (Å²) < 4.78 is 5.11. The average molecular weight is 366 g/mol. The fraction of sp³-hybridized carbons (Fsp3) is 0.312. The van der Waals surface area contributed by atoms with E-state index in [-0.39, 0.29) is 30.2 Å². The number of methoxy groups -OCH3 is 1. The molecule has 0 saturated heterocycles. The Kier molecular flexibility index (Phi) is 6.05. The van der Waals surface area contributed by atoms with Gasteiger partial charge in [-0.1, -0.05) is 6.92 Å². The molecule has 1 aliphatic rings. The molecule has 1 aliphatic heterocycles. The lowest BCUT2D eigenvalue weighted by Gasteiger charge is -2.16. The maximum atomic E-state index is 12.2. The number of ether oxygens (including phenoxy) is 1. The standard InChI is InChI=1S/C16H18N2O6S/c1-3-25-13-6-9(16(22)23)12(24-2)7-10(13)17-11-8-14(20)18(4-5-19)15(11)21/h6-8,17,19H,3-5H2,1-2H3,(H,22,23). The van der Waals surface area contributed by atoms with Crippen molar-refractivity contribution in [3.05, 3.63) is 29.5 Å². The third kappa shape index (κ3) is 3.94. The average Bonchev–Trinajstić information content (AvgIpc) is 2.83. The number of imide groups is 1. The predicted octanol–water partition coefficient (Wildman–Crippen LogP) is 1.16. The van der Waals surface area contributed by atoms with E-state index < -0.39 is 17.8 Å². The molecule has 2 amide bonds. The Morgan fingerprint density at radius 3 is 2.64 bits per heavy atom. The minimum absolute atomic E-state index is 0.00807. The van der Waals surface area contributed by atoms with E-state index in [1.807, 2.05) is 6.92 Å². The lowest BCUT2D eigenvalue weighted by Crippen LogP contribution is -2.34. The van der Waals surface area contributed by atoms with Gasteiger partial charge in [-0.15, -0.1) is 11.8 Å². The number of aliphatic hydroxyl groups is 1. The number of amides is 2. The first-order valence-electron chi connectivity index (χ1n) is 7.46. The first-order valence-corrected chi connectivity index (χ1v) is 8.45. The molecule has 0 bridgehead atoms. The van der Waals surface area contributed by atoms with Crippen molar-refractivity contribution in [1.82, 2.24) is 4.90 Å². The van der Waals surface area contributed by atoms with Gasteiger partial charge in [-0.25, -0.2) is 4.79 Å². The van der Waals surface area contributed by atoms with Crippen LogP contribution in [0.4, 0.5) is 5.69 Å². The van der Waals surface area contributed by atoms with Crippen molar-refractivity contribution in [2.24, 2.45) is 0 Å². The van der Waals surface area contributed by atoms with Gasteiger partial charge in [-0.3, -0.25) is 14.5 Å². The van der Waals surface area contributed by atoms with Gasteiger partial charge in [0.2, 0.25) is 0 Å². The number of carbonyl (C=O) groups is 3. The van der Waals surface area contributed by atoms with Crippen molar-refractivity contribution in [1.29, 1.82) is 0 Å². The van der Waals surface area contributed by atoms with Crippen molar-refractivity contribution in [3.63, 3.8) is 0 Å². The van der Waals surface area contributed by atoms with Crippen LogP contribution in [0, 0.1) is 0 Å². The minimum Gasteiger partial charge on any atom is -0.496 e. The fourth-order valence-corrected chi connectivity index (χ4v) is 3.10. The molecule has 25 heavy (non-hydrogen) atoms. The van der Waals surface area contributed by atoms with Gasteiger partial charge in [0.15, 0.2) is 0 Å². The zero-order valence-electron chi connectivity index (χ0n) is 13.7. The van der Waals surface area contributed by atoms with Crippen LogP contribution in [0.3, 0.4) is 0 Å². The Morgan fingerprint density at radius 1 is 1.36 bits per heavy atom. The van der Waals surface area contributed by atoms with Crippen molar-refractivity contribution in [2.75, 3.05) is 31.3 Å². The number of carboxylic acid groups (broad SMARTS) is 1. The smallest absolute Gasteiger partial charge is 0.339 e. The fourth-order valence-electron chi connectivity index (χ4n) is 2.32. The summed E-state index contributed by atoms with van der Waals surface area (Å²) in [5, 5.41) is 21.1. The Balaban J connectivity index is 2.38. The van der Waals surface area contributed by atoms with E-state index in [4.69, 9.17) is 9.84 Å². The first kappa shape index (κ1) is 18.8. The van der Waals surface area contributed by atoms with Gasteiger partial charge >= 0.3 is 5.97 Å². The molecular weight excluding hydrogens is 348 g/mol. The van der Waals surface area contributed by atoms with E-state index >= 15 is 0 Å². The second-order valence-electron chi connectivity index (χ2n) is 4.99. The lowest BCUT2D eigenvalue weighted by atomic mass is 10.1. The Labute approximate surface area is 148 Å². The molecule has 0 radical (unpaired) electrons. The number of β-amino-alcohol motifs (C(OH)–C–C–N with tert-alkyl or cyclic N) is 1. The summed E-state index contributed by atoms with van der Waals surface area (Å²) in [7, 11) is 1.35. The molecule has 0 atom stereocenters. The zero-order valence-corrected chi connectivity index (χ0v) is 14.6. The van der Waals surface area contributed by atoms with E-state index in [9.17, 15) is 19.5 Å². The number of carboxylic acids is 1. The number of thioether (sulfide) groups is 1. The topological polar surface area (TPSA) is 116 Å². The van der Waals surface area contributed by atoms with Gasteiger partial charge in [0.05, 0.1) is 25.9 Å². The lowest BCUT2D eigenvalue weighted by molar-refractivity contribution is -0.137. The molecule has 3 N–H and O–H groups in total. The van der Waals surface area contributed by atoms with Crippen LogP contribution in [0.2, 0.25) is 0 Å². The number of benzene rings is 1. The van der Waals surface area contributed by atoms with Gasteiger partial charge in [-0.2, -0.15) is 0 Å².